The van der Waals surface area contributed by atoms with Gasteiger partial charge in [0, 0.05) is 53.5 Å². The molecule has 1 aliphatic rings. The Hall–Kier alpha value is -3.85. The van der Waals surface area contributed by atoms with Gasteiger partial charge < -0.3 is 25.6 Å². The number of ether oxygens (including phenoxy) is 2. The molecule has 166 valence electrons. The first-order valence-corrected chi connectivity index (χ1v) is 10.2. The lowest BCUT2D eigenvalue weighted by atomic mass is 10.1. The van der Waals surface area contributed by atoms with Gasteiger partial charge in [0.25, 0.3) is 5.91 Å². The van der Waals surface area contributed by atoms with Crippen molar-refractivity contribution in [3.8, 4) is 22.8 Å². The van der Waals surface area contributed by atoms with Crippen molar-refractivity contribution < 1.29 is 18.7 Å². The van der Waals surface area contributed by atoms with Crippen molar-refractivity contribution in [3.63, 3.8) is 0 Å². The topological polar surface area (TPSA) is 96.5 Å². The molecule has 1 aliphatic heterocycles. The fourth-order valence-corrected chi connectivity index (χ4v) is 3.45. The average Bonchev–Trinajstić information content (AvgIpc) is 3.32. The van der Waals surface area contributed by atoms with Crippen LogP contribution in [0.3, 0.4) is 0 Å². The molecule has 32 heavy (non-hydrogen) atoms. The summed E-state index contributed by atoms with van der Waals surface area (Å²) in [6.45, 7) is 2.84. The number of pyridine rings is 1. The highest BCUT2D eigenvalue weighted by Crippen LogP contribution is 2.35. The van der Waals surface area contributed by atoms with Gasteiger partial charge in [0.1, 0.15) is 17.3 Å². The molecular weight excluding hydrogens is 413 g/mol. The molecule has 2 heterocycles. The molecule has 4 rings (SSSR count). The summed E-state index contributed by atoms with van der Waals surface area (Å²) in [5.74, 6) is 0.401. The predicted molar refractivity (Wildman–Crippen MR) is 119 cm³/mol. The van der Waals surface area contributed by atoms with Crippen molar-refractivity contribution in [2.45, 2.75) is 13.3 Å². The zero-order valence-electron chi connectivity index (χ0n) is 17.8. The molecule has 0 saturated carbocycles. The van der Waals surface area contributed by atoms with Crippen LogP contribution in [0.25, 0.3) is 22.2 Å². The number of hydrogen-bond donors (Lipinski definition) is 4. The van der Waals surface area contributed by atoms with Crippen LogP contribution < -0.4 is 31.2 Å². The van der Waals surface area contributed by atoms with Gasteiger partial charge in [-0.1, -0.05) is 0 Å². The summed E-state index contributed by atoms with van der Waals surface area (Å²) in [4.78, 5) is 17.4. The second-order valence-electron chi connectivity index (χ2n) is 7.08. The second kappa shape index (κ2) is 9.52. The van der Waals surface area contributed by atoms with Crippen molar-refractivity contribution >= 4 is 16.8 Å². The molecule has 4 N–H and O–H groups in total. The summed E-state index contributed by atoms with van der Waals surface area (Å²) >= 11 is 0. The smallest absolute Gasteiger partial charge is 0.251 e. The molecule has 3 aromatic rings. The third-order valence-corrected chi connectivity index (χ3v) is 4.99. The van der Waals surface area contributed by atoms with E-state index in [1.165, 1.54) is 19.2 Å². The van der Waals surface area contributed by atoms with Crippen LogP contribution in [0.2, 0.25) is 0 Å². The van der Waals surface area contributed by atoms with E-state index in [2.05, 4.69) is 21.7 Å². The van der Waals surface area contributed by atoms with E-state index in [0.29, 0.717) is 53.4 Å². The van der Waals surface area contributed by atoms with Crippen LogP contribution in [0.15, 0.2) is 54.4 Å². The number of nitrogens with one attached hydrogen (secondary N) is 4. The Morgan fingerprint density at radius 2 is 2.03 bits per heavy atom. The molecule has 0 radical (unpaired) electrons. The third-order valence-electron chi connectivity index (χ3n) is 4.99. The molecule has 0 spiro atoms. The lowest BCUT2D eigenvalue weighted by Crippen LogP contribution is -2.32. The summed E-state index contributed by atoms with van der Waals surface area (Å²) in [5.41, 5.74) is 11.7. The summed E-state index contributed by atoms with van der Waals surface area (Å²) < 4.78 is 24.8. The minimum atomic E-state index is -0.398. The quantitative estimate of drug-likeness (QED) is 0.430. The maximum Gasteiger partial charge on any atom is 0.251 e. The van der Waals surface area contributed by atoms with Crippen LogP contribution in [0.5, 0.6) is 11.5 Å². The van der Waals surface area contributed by atoms with E-state index in [0.717, 1.165) is 11.1 Å². The van der Waals surface area contributed by atoms with Gasteiger partial charge in [0.2, 0.25) is 0 Å². The SMILES string of the molecule is CCOc1cc(-c2ccc(F)cc2OC)nc2cc(C(=O)NCCC3=CNNN3)ccc12. The molecule has 0 bridgehead atoms. The molecule has 0 aliphatic carbocycles. The van der Waals surface area contributed by atoms with Crippen molar-refractivity contribution in [2.24, 2.45) is 0 Å². The lowest BCUT2D eigenvalue weighted by molar-refractivity contribution is 0.0954. The number of halogens is 1. The first-order valence-electron chi connectivity index (χ1n) is 10.2. The zero-order valence-corrected chi connectivity index (χ0v) is 17.8. The van der Waals surface area contributed by atoms with Crippen molar-refractivity contribution in [3.05, 3.63) is 65.7 Å². The van der Waals surface area contributed by atoms with Gasteiger partial charge >= 0.3 is 0 Å². The zero-order chi connectivity index (χ0) is 22.5. The Labute approximate surface area is 184 Å². The Kier molecular flexibility index (Phi) is 6.37. The number of aromatic nitrogens is 1. The highest BCUT2D eigenvalue weighted by molar-refractivity contribution is 5.99. The number of amides is 1. The molecule has 0 saturated heterocycles. The maximum atomic E-state index is 13.7. The van der Waals surface area contributed by atoms with Gasteiger partial charge in [0.05, 0.1) is 24.9 Å². The number of carbonyl (C=O) groups excluding carboxylic acids is 1. The van der Waals surface area contributed by atoms with E-state index >= 15 is 0 Å². The molecule has 1 amide bonds. The Morgan fingerprint density at radius 3 is 2.78 bits per heavy atom. The first kappa shape index (κ1) is 21.4. The van der Waals surface area contributed by atoms with Gasteiger partial charge in [-0.2, -0.15) is 5.53 Å². The van der Waals surface area contributed by atoms with E-state index in [1.807, 2.05) is 13.0 Å². The van der Waals surface area contributed by atoms with Gasteiger partial charge in [0.15, 0.2) is 0 Å². The number of nitrogens with zero attached hydrogens (tertiary/aromatic N) is 1. The summed E-state index contributed by atoms with van der Waals surface area (Å²) in [6.07, 6.45) is 2.45. The number of benzene rings is 2. The maximum absolute atomic E-state index is 13.7. The fraction of sp³-hybridized carbons (Fsp3) is 0.217. The fourth-order valence-electron chi connectivity index (χ4n) is 3.45. The number of hydrazine groups is 2. The van der Waals surface area contributed by atoms with E-state index < -0.39 is 5.82 Å². The van der Waals surface area contributed by atoms with Gasteiger partial charge in [-0.05, 0) is 37.3 Å². The van der Waals surface area contributed by atoms with Crippen LogP contribution in [0.4, 0.5) is 4.39 Å². The molecule has 8 nitrogen and oxygen atoms in total. The summed E-state index contributed by atoms with van der Waals surface area (Å²) in [7, 11) is 1.48. The second-order valence-corrected chi connectivity index (χ2v) is 7.08. The van der Waals surface area contributed by atoms with E-state index in [1.54, 1.807) is 30.5 Å². The average molecular weight is 437 g/mol. The standard InChI is InChI=1S/C23H24FN5O3/c1-3-32-22-12-20(17-7-5-15(24)11-21(17)31-2)27-19-10-14(4-6-18(19)22)23(30)25-9-8-16-13-26-29-28-16/h4-7,10-13,26,28-29H,3,8-9H2,1-2H3,(H,25,30). The number of carbonyl (C=O) groups is 1. The van der Waals surface area contributed by atoms with Crippen LogP contribution >= 0.6 is 0 Å². The number of fused-ring (bicyclic) bond motifs is 1. The molecular formula is C23H24FN5O3. The predicted octanol–water partition coefficient (Wildman–Crippen LogP) is 3.02. The molecule has 9 heteroatoms. The number of hydrogen-bond acceptors (Lipinski definition) is 7. The lowest BCUT2D eigenvalue weighted by Gasteiger charge is -2.13. The molecule has 2 aromatic carbocycles. The van der Waals surface area contributed by atoms with Crippen LogP contribution in [-0.2, 0) is 0 Å². The van der Waals surface area contributed by atoms with Gasteiger partial charge in [-0.3, -0.25) is 4.79 Å². The number of methoxy groups -OCH3 is 1. The highest BCUT2D eigenvalue weighted by Gasteiger charge is 2.15. The monoisotopic (exact) mass is 437 g/mol. The molecule has 0 atom stereocenters. The van der Waals surface area contributed by atoms with Gasteiger partial charge in [-0.15, -0.1) is 0 Å². The normalized spacial score (nSPS) is 12.7. The molecule has 1 aromatic heterocycles. The minimum absolute atomic E-state index is 0.198. The molecule has 0 unspecified atom stereocenters. The van der Waals surface area contributed by atoms with Gasteiger partial charge in [-0.25, -0.2) is 9.37 Å². The van der Waals surface area contributed by atoms with Crippen LogP contribution in [0, 0.1) is 5.82 Å². The molecule has 0 fully saturated rings. The highest BCUT2D eigenvalue weighted by atomic mass is 19.1. The Balaban J connectivity index is 1.66. The third kappa shape index (κ3) is 4.57. The minimum Gasteiger partial charge on any atom is -0.496 e. The largest absolute Gasteiger partial charge is 0.496 e. The van der Waals surface area contributed by atoms with E-state index in [-0.39, 0.29) is 5.91 Å². The summed E-state index contributed by atoms with van der Waals surface area (Å²) in [6, 6.07) is 11.4. The number of rotatable bonds is 8. The summed E-state index contributed by atoms with van der Waals surface area (Å²) in [5, 5.41) is 3.69. The first-order chi connectivity index (χ1) is 15.6. The van der Waals surface area contributed by atoms with Crippen molar-refractivity contribution in [2.75, 3.05) is 20.3 Å². The van der Waals surface area contributed by atoms with E-state index in [4.69, 9.17) is 14.5 Å². The van der Waals surface area contributed by atoms with E-state index in [9.17, 15) is 9.18 Å². The van der Waals surface area contributed by atoms with Crippen molar-refractivity contribution in [1.29, 1.82) is 0 Å². The Bertz CT molecular complexity index is 1180. The van der Waals surface area contributed by atoms with Crippen molar-refractivity contribution in [1.82, 2.24) is 26.7 Å². The van der Waals surface area contributed by atoms with Crippen LogP contribution in [0.1, 0.15) is 23.7 Å². The van der Waals surface area contributed by atoms with Crippen LogP contribution in [-0.4, -0.2) is 31.2 Å². The Morgan fingerprint density at radius 1 is 1.16 bits per heavy atom.